The minimum Gasteiger partial charge on any atom is -0.368 e. The molecule has 5 nitrogen and oxygen atoms in total. The highest BCUT2D eigenvalue weighted by molar-refractivity contribution is 5.62. The smallest absolute Gasteiger partial charge is 0.249 e. The zero-order valence-electron chi connectivity index (χ0n) is 12.4. The number of aromatic nitrogens is 3. The first-order valence-corrected chi connectivity index (χ1v) is 6.83. The Hall–Kier alpha value is -2.17. The molecule has 2 rings (SSSR count). The number of anilines is 3. The van der Waals surface area contributed by atoms with E-state index in [-0.39, 0.29) is 0 Å². The summed E-state index contributed by atoms with van der Waals surface area (Å²) in [6.07, 6.45) is 1.64. The number of hydrogen-bond acceptors (Lipinski definition) is 5. The van der Waals surface area contributed by atoms with Crippen LogP contribution < -0.4 is 10.6 Å². The van der Waals surface area contributed by atoms with Gasteiger partial charge in [-0.1, -0.05) is 32.0 Å². The van der Waals surface area contributed by atoms with Gasteiger partial charge in [0.1, 0.15) is 0 Å². The predicted octanol–water partition coefficient (Wildman–Crippen LogP) is 3.30. The molecule has 0 bridgehead atoms. The van der Waals surface area contributed by atoms with Crippen molar-refractivity contribution in [2.45, 2.75) is 27.7 Å². The van der Waals surface area contributed by atoms with Crippen molar-refractivity contribution in [2.75, 3.05) is 17.2 Å². The fourth-order valence-electron chi connectivity index (χ4n) is 1.87. The summed E-state index contributed by atoms with van der Waals surface area (Å²) in [6, 6.07) is 6.16. The fourth-order valence-corrected chi connectivity index (χ4v) is 1.87. The van der Waals surface area contributed by atoms with Crippen LogP contribution in [0.3, 0.4) is 0 Å². The number of nitrogens with one attached hydrogen (secondary N) is 2. The van der Waals surface area contributed by atoms with Gasteiger partial charge < -0.3 is 10.6 Å². The minimum atomic E-state index is 0.510. The summed E-state index contributed by atoms with van der Waals surface area (Å²) in [5.41, 5.74) is 3.36. The molecule has 2 aromatic rings. The minimum absolute atomic E-state index is 0.510. The predicted molar refractivity (Wildman–Crippen MR) is 82.4 cm³/mol. The van der Waals surface area contributed by atoms with Crippen molar-refractivity contribution in [3.8, 4) is 0 Å². The van der Waals surface area contributed by atoms with E-state index in [4.69, 9.17) is 0 Å². The van der Waals surface area contributed by atoms with Crippen molar-refractivity contribution < 1.29 is 0 Å². The summed E-state index contributed by atoms with van der Waals surface area (Å²) in [6.45, 7) is 9.28. The average Bonchev–Trinajstić information content (AvgIpc) is 2.41. The number of benzene rings is 1. The van der Waals surface area contributed by atoms with Crippen LogP contribution in [0.4, 0.5) is 17.5 Å². The molecule has 1 heterocycles. The highest BCUT2D eigenvalue weighted by Crippen LogP contribution is 2.22. The Morgan fingerprint density at radius 3 is 2.50 bits per heavy atom. The molecule has 2 N–H and O–H groups in total. The van der Waals surface area contributed by atoms with E-state index >= 15 is 0 Å². The lowest BCUT2D eigenvalue weighted by molar-refractivity contribution is 0.686. The topological polar surface area (TPSA) is 62.7 Å². The highest BCUT2D eigenvalue weighted by atomic mass is 15.3. The van der Waals surface area contributed by atoms with Crippen LogP contribution in [-0.4, -0.2) is 21.7 Å². The van der Waals surface area contributed by atoms with Crippen LogP contribution in [0.15, 0.2) is 24.4 Å². The summed E-state index contributed by atoms with van der Waals surface area (Å²) in [7, 11) is 0. The average molecular weight is 271 g/mol. The maximum Gasteiger partial charge on any atom is 0.249 e. The third-order valence-electron chi connectivity index (χ3n) is 2.97. The van der Waals surface area contributed by atoms with Gasteiger partial charge >= 0.3 is 0 Å². The van der Waals surface area contributed by atoms with Gasteiger partial charge in [0.05, 0.1) is 6.20 Å². The normalized spacial score (nSPS) is 10.7. The summed E-state index contributed by atoms with van der Waals surface area (Å²) in [5.74, 6) is 1.80. The van der Waals surface area contributed by atoms with Gasteiger partial charge in [-0.15, -0.1) is 5.10 Å². The fraction of sp³-hybridized carbons (Fsp3) is 0.400. The maximum absolute atomic E-state index is 4.43. The van der Waals surface area contributed by atoms with Crippen LogP contribution in [0.25, 0.3) is 0 Å². The van der Waals surface area contributed by atoms with Crippen molar-refractivity contribution in [3.63, 3.8) is 0 Å². The van der Waals surface area contributed by atoms with Gasteiger partial charge in [0.25, 0.3) is 0 Å². The molecule has 0 amide bonds. The van der Waals surface area contributed by atoms with Gasteiger partial charge in [0.15, 0.2) is 5.82 Å². The molecule has 20 heavy (non-hydrogen) atoms. The molecule has 1 aromatic heterocycles. The molecule has 0 radical (unpaired) electrons. The molecule has 106 valence electrons. The lowest BCUT2D eigenvalue weighted by Crippen LogP contribution is -2.11. The second-order valence-corrected chi connectivity index (χ2v) is 5.33. The Kier molecular flexibility index (Phi) is 4.50. The second kappa shape index (κ2) is 6.32. The van der Waals surface area contributed by atoms with Gasteiger partial charge in [-0.3, -0.25) is 0 Å². The standard InChI is InChI=1S/C15H21N5/c1-10(2)8-16-13-9-17-20-15(18-13)19-14-11(3)6-5-7-12(14)4/h5-7,9-10H,8H2,1-4H3,(H2,16,18,19,20). The first-order chi connectivity index (χ1) is 9.56. The summed E-state index contributed by atoms with van der Waals surface area (Å²) in [4.78, 5) is 4.43. The summed E-state index contributed by atoms with van der Waals surface area (Å²) in [5, 5.41) is 14.5. The van der Waals surface area contributed by atoms with E-state index in [1.54, 1.807) is 6.20 Å². The van der Waals surface area contributed by atoms with Crippen molar-refractivity contribution in [2.24, 2.45) is 5.92 Å². The van der Waals surface area contributed by atoms with E-state index in [0.717, 1.165) is 29.2 Å². The maximum atomic E-state index is 4.43. The molecular weight excluding hydrogens is 250 g/mol. The number of aryl methyl sites for hydroxylation is 2. The zero-order chi connectivity index (χ0) is 14.5. The Balaban J connectivity index is 2.15. The largest absolute Gasteiger partial charge is 0.368 e. The molecule has 0 fully saturated rings. The quantitative estimate of drug-likeness (QED) is 0.873. The van der Waals surface area contributed by atoms with Gasteiger partial charge in [-0.2, -0.15) is 10.1 Å². The van der Waals surface area contributed by atoms with E-state index in [1.165, 1.54) is 0 Å². The molecule has 0 aliphatic rings. The number of nitrogens with zero attached hydrogens (tertiary/aromatic N) is 3. The van der Waals surface area contributed by atoms with Crippen LogP contribution in [0, 0.1) is 19.8 Å². The summed E-state index contributed by atoms with van der Waals surface area (Å²) < 4.78 is 0. The van der Waals surface area contributed by atoms with Crippen LogP contribution >= 0.6 is 0 Å². The molecule has 0 unspecified atom stereocenters. The van der Waals surface area contributed by atoms with Gasteiger partial charge in [0.2, 0.25) is 5.95 Å². The van der Waals surface area contributed by atoms with Crippen molar-refractivity contribution in [3.05, 3.63) is 35.5 Å². The molecule has 0 aliphatic carbocycles. The van der Waals surface area contributed by atoms with E-state index in [0.29, 0.717) is 11.9 Å². The van der Waals surface area contributed by atoms with E-state index < -0.39 is 0 Å². The first-order valence-electron chi connectivity index (χ1n) is 6.83. The lowest BCUT2D eigenvalue weighted by atomic mass is 10.1. The van der Waals surface area contributed by atoms with E-state index in [1.807, 2.05) is 6.07 Å². The second-order valence-electron chi connectivity index (χ2n) is 5.33. The Morgan fingerprint density at radius 2 is 1.85 bits per heavy atom. The van der Waals surface area contributed by atoms with Crippen molar-refractivity contribution in [1.29, 1.82) is 0 Å². The van der Waals surface area contributed by atoms with Crippen molar-refractivity contribution in [1.82, 2.24) is 15.2 Å². The monoisotopic (exact) mass is 271 g/mol. The third-order valence-corrected chi connectivity index (χ3v) is 2.97. The van der Waals surface area contributed by atoms with Crippen LogP contribution in [-0.2, 0) is 0 Å². The number of para-hydroxylation sites is 1. The van der Waals surface area contributed by atoms with Crippen LogP contribution in [0.2, 0.25) is 0 Å². The highest BCUT2D eigenvalue weighted by Gasteiger charge is 2.06. The van der Waals surface area contributed by atoms with Gasteiger partial charge in [-0.05, 0) is 30.9 Å². The Morgan fingerprint density at radius 1 is 1.15 bits per heavy atom. The van der Waals surface area contributed by atoms with Crippen molar-refractivity contribution >= 4 is 17.5 Å². The Bertz CT molecular complexity index is 560. The summed E-state index contributed by atoms with van der Waals surface area (Å²) >= 11 is 0. The molecule has 1 aromatic carbocycles. The SMILES string of the molecule is Cc1cccc(C)c1Nc1nncc(NCC(C)C)n1. The zero-order valence-corrected chi connectivity index (χ0v) is 12.4. The van der Waals surface area contributed by atoms with E-state index in [9.17, 15) is 0 Å². The van der Waals surface area contributed by atoms with Gasteiger partial charge in [0, 0.05) is 12.2 Å². The number of hydrogen-bond donors (Lipinski definition) is 2. The van der Waals surface area contributed by atoms with Crippen LogP contribution in [0.5, 0.6) is 0 Å². The molecule has 0 saturated carbocycles. The first kappa shape index (κ1) is 14.2. The van der Waals surface area contributed by atoms with Gasteiger partial charge in [-0.25, -0.2) is 0 Å². The molecule has 5 heteroatoms. The molecular formula is C15H21N5. The number of rotatable bonds is 5. The molecule has 0 spiro atoms. The lowest BCUT2D eigenvalue weighted by Gasteiger charge is -2.12. The Labute approximate surface area is 119 Å². The van der Waals surface area contributed by atoms with Crippen LogP contribution in [0.1, 0.15) is 25.0 Å². The molecule has 0 atom stereocenters. The molecule has 0 saturated heterocycles. The third kappa shape index (κ3) is 3.66. The van der Waals surface area contributed by atoms with E-state index in [2.05, 4.69) is 65.6 Å². The molecule has 0 aliphatic heterocycles.